The molecule has 2 amide bonds. The molecule has 1 saturated heterocycles. The van der Waals surface area contributed by atoms with Gasteiger partial charge in [0.05, 0.1) is 11.3 Å². The lowest BCUT2D eigenvalue weighted by Gasteiger charge is -2.31. The number of hydrogen-bond donors (Lipinski definition) is 2. The first kappa shape index (κ1) is 22.0. The minimum absolute atomic E-state index is 0.0654. The summed E-state index contributed by atoms with van der Waals surface area (Å²) in [6, 6.07) is 14.0. The second-order valence-electron chi connectivity index (χ2n) is 7.96. The molecular weight excluding hydrogens is 381 g/mol. The van der Waals surface area contributed by atoms with Crippen molar-refractivity contribution in [2.75, 3.05) is 18.4 Å². The number of nitrogens with one attached hydrogen (secondary N) is 2. The van der Waals surface area contributed by atoms with E-state index in [0.29, 0.717) is 36.2 Å². The summed E-state index contributed by atoms with van der Waals surface area (Å²) in [7, 11) is 0. The van der Waals surface area contributed by atoms with Crippen molar-refractivity contribution in [2.24, 2.45) is 5.92 Å². The normalized spacial score (nSPS) is 16.1. The maximum absolute atomic E-state index is 13.9. The van der Waals surface area contributed by atoms with Crippen LogP contribution < -0.4 is 10.6 Å². The molecule has 1 aliphatic rings. The third kappa shape index (κ3) is 5.66. The molecular formula is C24H30FN3O2. The molecule has 6 heteroatoms. The van der Waals surface area contributed by atoms with Gasteiger partial charge in [0, 0.05) is 24.1 Å². The van der Waals surface area contributed by atoms with Crippen LogP contribution >= 0.6 is 0 Å². The summed E-state index contributed by atoms with van der Waals surface area (Å²) in [6.07, 6.45) is 2.26. The first-order valence-corrected chi connectivity index (χ1v) is 10.6. The smallest absolute Gasteiger partial charge is 0.253 e. The number of carbonyl (C=O) groups excluding carboxylic acids is 2. The van der Waals surface area contributed by atoms with Gasteiger partial charge in [-0.1, -0.05) is 37.3 Å². The standard InChI is InChI=1S/C24H30FN3O2/c1-3-17(2)26-24(30)20-9-5-7-11-22(20)27-23(29)18-12-14-28(15-13-18)16-19-8-4-6-10-21(19)25/h4-11,17-18H,3,12-16H2,1-2H3,(H,26,30)(H,27,29)/t17-/m1/s1. The van der Waals surface area contributed by atoms with Gasteiger partial charge in [-0.25, -0.2) is 4.39 Å². The van der Waals surface area contributed by atoms with Crippen LogP contribution in [0.1, 0.15) is 49.0 Å². The van der Waals surface area contributed by atoms with E-state index in [1.165, 1.54) is 6.07 Å². The highest BCUT2D eigenvalue weighted by molar-refractivity contribution is 6.04. The fourth-order valence-electron chi connectivity index (χ4n) is 3.65. The molecule has 160 valence electrons. The lowest BCUT2D eigenvalue weighted by molar-refractivity contribution is -0.121. The summed E-state index contributed by atoms with van der Waals surface area (Å²) in [5.41, 5.74) is 1.70. The lowest BCUT2D eigenvalue weighted by Crippen LogP contribution is -2.38. The molecule has 1 fully saturated rings. The second-order valence-corrected chi connectivity index (χ2v) is 7.96. The number of piperidine rings is 1. The summed E-state index contributed by atoms with van der Waals surface area (Å²) < 4.78 is 13.9. The van der Waals surface area contributed by atoms with Crippen molar-refractivity contribution >= 4 is 17.5 Å². The number of amides is 2. The summed E-state index contributed by atoms with van der Waals surface area (Å²) >= 11 is 0. The molecule has 3 rings (SSSR count). The Morgan fingerprint density at radius 2 is 1.77 bits per heavy atom. The number of likely N-dealkylation sites (tertiary alicyclic amines) is 1. The van der Waals surface area contributed by atoms with E-state index in [1.807, 2.05) is 26.0 Å². The maximum Gasteiger partial charge on any atom is 0.253 e. The first-order chi connectivity index (χ1) is 14.5. The van der Waals surface area contributed by atoms with Gasteiger partial charge in [0.25, 0.3) is 5.91 Å². The van der Waals surface area contributed by atoms with Gasteiger partial charge in [-0.3, -0.25) is 14.5 Å². The van der Waals surface area contributed by atoms with Crippen molar-refractivity contribution in [3.05, 3.63) is 65.5 Å². The Morgan fingerprint density at radius 1 is 1.10 bits per heavy atom. The summed E-state index contributed by atoms with van der Waals surface area (Å²) in [5, 5.41) is 5.89. The van der Waals surface area contributed by atoms with Gasteiger partial charge in [0.15, 0.2) is 0 Å². The largest absolute Gasteiger partial charge is 0.350 e. The highest BCUT2D eigenvalue weighted by atomic mass is 19.1. The zero-order chi connectivity index (χ0) is 21.5. The SMILES string of the molecule is CC[C@@H](C)NC(=O)c1ccccc1NC(=O)C1CCN(Cc2ccccc2F)CC1. The van der Waals surface area contributed by atoms with Crippen LogP contribution in [0.2, 0.25) is 0 Å². The third-order valence-electron chi connectivity index (χ3n) is 5.73. The van der Waals surface area contributed by atoms with Gasteiger partial charge in [-0.2, -0.15) is 0 Å². The third-order valence-corrected chi connectivity index (χ3v) is 5.73. The van der Waals surface area contributed by atoms with Gasteiger partial charge in [-0.15, -0.1) is 0 Å². The van der Waals surface area contributed by atoms with Gasteiger partial charge in [0.2, 0.25) is 5.91 Å². The number of nitrogens with zero attached hydrogens (tertiary/aromatic N) is 1. The van der Waals surface area contributed by atoms with Crippen LogP contribution in [0.15, 0.2) is 48.5 Å². The number of anilines is 1. The van der Waals surface area contributed by atoms with Crippen LogP contribution in [-0.2, 0) is 11.3 Å². The van der Waals surface area contributed by atoms with E-state index in [4.69, 9.17) is 0 Å². The van der Waals surface area contributed by atoms with Crippen molar-refractivity contribution in [3.8, 4) is 0 Å². The first-order valence-electron chi connectivity index (χ1n) is 10.6. The Hall–Kier alpha value is -2.73. The van der Waals surface area contributed by atoms with Crippen molar-refractivity contribution in [2.45, 2.75) is 45.7 Å². The van der Waals surface area contributed by atoms with Gasteiger partial charge in [-0.05, 0) is 57.5 Å². The Bertz CT molecular complexity index is 878. The second kappa shape index (κ2) is 10.3. The quantitative estimate of drug-likeness (QED) is 0.718. The van der Waals surface area contributed by atoms with Crippen molar-refractivity contribution in [1.82, 2.24) is 10.2 Å². The number of rotatable bonds is 7. The van der Waals surface area contributed by atoms with Crippen LogP contribution in [0, 0.1) is 11.7 Å². The molecule has 2 aromatic rings. The summed E-state index contributed by atoms with van der Waals surface area (Å²) in [5.74, 6) is -0.554. The molecule has 2 N–H and O–H groups in total. The summed E-state index contributed by atoms with van der Waals surface area (Å²) in [6.45, 7) is 6.00. The monoisotopic (exact) mass is 411 g/mol. The number of hydrogen-bond acceptors (Lipinski definition) is 3. The molecule has 0 unspecified atom stereocenters. The maximum atomic E-state index is 13.9. The number of carbonyl (C=O) groups is 2. The van der Waals surface area contributed by atoms with Crippen molar-refractivity contribution < 1.29 is 14.0 Å². The number of benzene rings is 2. The Morgan fingerprint density at radius 3 is 2.47 bits per heavy atom. The highest BCUT2D eigenvalue weighted by Crippen LogP contribution is 2.23. The minimum atomic E-state index is -0.190. The van der Waals surface area contributed by atoms with Crippen LogP contribution in [0.4, 0.5) is 10.1 Å². The van der Waals surface area contributed by atoms with E-state index >= 15 is 0 Å². The molecule has 1 heterocycles. The van der Waals surface area contributed by atoms with Gasteiger partial charge >= 0.3 is 0 Å². The Labute approximate surface area is 177 Å². The van der Waals surface area contributed by atoms with E-state index in [1.54, 1.807) is 30.3 Å². The van der Waals surface area contributed by atoms with E-state index in [0.717, 1.165) is 19.5 Å². The van der Waals surface area contributed by atoms with Gasteiger partial charge < -0.3 is 10.6 Å². The molecule has 0 saturated carbocycles. The zero-order valence-electron chi connectivity index (χ0n) is 17.7. The highest BCUT2D eigenvalue weighted by Gasteiger charge is 2.26. The molecule has 0 aromatic heterocycles. The van der Waals surface area contributed by atoms with Crippen LogP contribution in [0.5, 0.6) is 0 Å². The molecule has 0 bridgehead atoms. The van der Waals surface area contributed by atoms with E-state index in [9.17, 15) is 14.0 Å². The number of halogens is 1. The molecule has 0 aliphatic carbocycles. The van der Waals surface area contributed by atoms with Crippen molar-refractivity contribution in [3.63, 3.8) is 0 Å². The van der Waals surface area contributed by atoms with Crippen LogP contribution in [0.3, 0.4) is 0 Å². The molecule has 1 aliphatic heterocycles. The molecule has 1 atom stereocenters. The topological polar surface area (TPSA) is 61.4 Å². The van der Waals surface area contributed by atoms with Crippen LogP contribution in [0.25, 0.3) is 0 Å². The minimum Gasteiger partial charge on any atom is -0.350 e. The van der Waals surface area contributed by atoms with E-state index in [2.05, 4.69) is 15.5 Å². The fourth-order valence-corrected chi connectivity index (χ4v) is 3.65. The average Bonchev–Trinajstić information content (AvgIpc) is 2.76. The average molecular weight is 412 g/mol. The van der Waals surface area contributed by atoms with Gasteiger partial charge in [0.1, 0.15) is 5.82 Å². The zero-order valence-corrected chi connectivity index (χ0v) is 17.7. The van der Waals surface area contributed by atoms with E-state index < -0.39 is 0 Å². The lowest BCUT2D eigenvalue weighted by atomic mass is 9.95. The summed E-state index contributed by atoms with van der Waals surface area (Å²) in [4.78, 5) is 27.5. The van der Waals surface area contributed by atoms with Crippen molar-refractivity contribution in [1.29, 1.82) is 0 Å². The molecule has 0 radical (unpaired) electrons. The van der Waals surface area contributed by atoms with E-state index in [-0.39, 0.29) is 29.6 Å². The fraction of sp³-hybridized carbons (Fsp3) is 0.417. The van der Waals surface area contributed by atoms with Crippen LogP contribution in [-0.4, -0.2) is 35.8 Å². The Kier molecular flexibility index (Phi) is 7.57. The Balaban J connectivity index is 1.56. The number of para-hydroxylation sites is 1. The molecule has 2 aromatic carbocycles. The molecule has 30 heavy (non-hydrogen) atoms. The molecule has 5 nitrogen and oxygen atoms in total. The predicted molar refractivity (Wildman–Crippen MR) is 117 cm³/mol. The molecule has 0 spiro atoms. The predicted octanol–water partition coefficient (Wildman–Crippen LogP) is 4.20.